The van der Waals surface area contributed by atoms with E-state index < -0.39 is 0 Å². The highest BCUT2D eigenvalue weighted by atomic mass is 16.1. The molecule has 3 heteroatoms. The van der Waals surface area contributed by atoms with Gasteiger partial charge in [0.1, 0.15) is 0 Å². The molecule has 0 bridgehead atoms. The molecule has 17 heavy (non-hydrogen) atoms. The Morgan fingerprint density at radius 2 is 1.82 bits per heavy atom. The molecule has 1 aliphatic carbocycles. The first-order valence-electron chi connectivity index (χ1n) is 6.89. The number of carbonyl (C=O) groups is 1. The quantitative estimate of drug-likeness (QED) is 0.740. The molecule has 0 aliphatic heterocycles. The molecule has 0 aromatic rings. The molecule has 1 aliphatic rings. The predicted molar refractivity (Wildman–Crippen MR) is 71.9 cm³/mol. The Balaban J connectivity index is 2.35. The van der Waals surface area contributed by atoms with E-state index in [4.69, 9.17) is 0 Å². The molecule has 0 radical (unpaired) electrons. The molecule has 0 saturated heterocycles. The lowest BCUT2D eigenvalue weighted by atomic mass is 9.69. The van der Waals surface area contributed by atoms with Crippen molar-refractivity contribution in [2.75, 3.05) is 13.1 Å². The van der Waals surface area contributed by atoms with Gasteiger partial charge < -0.3 is 10.6 Å². The summed E-state index contributed by atoms with van der Waals surface area (Å²) in [7, 11) is 0. The number of rotatable bonds is 4. The van der Waals surface area contributed by atoms with Crippen LogP contribution in [0.5, 0.6) is 0 Å². The van der Waals surface area contributed by atoms with E-state index in [0.29, 0.717) is 11.5 Å². The second-order valence-corrected chi connectivity index (χ2v) is 6.30. The molecule has 0 aromatic carbocycles. The molecule has 2 N–H and O–H groups in total. The van der Waals surface area contributed by atoms with Crippen LogP contribution in [0.4, 0.5) is 0 Å². The summed E-state index contributed by atoms with van der Waals surface area (Å²) in [5.74, 6) is 0.816. The van der Waals surface area contributed by atoms with Crippen LogP contribution in [0, 0.1) is 11.3 Å². The Morgan fingerprint density at radius 1 is 1.18 bits per heavy atom. The molecule has 100 valence electrons. The normalized spacial score (nSPS) is 25.6. The van der Waals surface area contributed by atoms with Crippen molar-refractivity contribution in [2.24, 2.45) is 11.3 Å². The molecular weight excluding hydrogens is 212 g/mol. The minimum atomic E-state index is 0.0582. The van der Waals surface area contributed by atoms with Gasteiger partial charge in [0.05, 0.1) is 0 Å². The topological polar surface area (TPSA) is 41.1 Å². The lowest BCUT2D eigenvalue weighted by molar-refractivity contribution is -0.118. The minimum absolute atomic E-state index is 0.0582. The van der Waals surface area contributed by atoms with Crippen molar-refractivity contribution in [1.29, 1.82) is 0 Å². The number of carbonyl (C=O) groups excluding carboxylic acids is 1. The van der Waals surface area contributed by atoms with Crippen LogP contribution in [-0.4, -0.2) is 25.0 Å². The van der Waals surface area contributed by atoms with E-state index in [-0.39, 0.29) is 5.91 Å². The average molecular weight is 240 g/mol. The average Bonchev–Trinajstić information content (AvgIpc) is 2.23. The van der Waals surface area contributed by atoms with Crippen LogP contribution >= 0.6 is 0 Å². The smallest absolute Gasteiger partial charge is 0.216 e. The van der Waals surface area contributed by atoms with Crippen molar-refractivity contribution in [3.8, 4) is 0 Å². The van der Waals surface area contributed by atoms with Crippen molar-refractivity contribution in [3.05, 3.63) is 0 Å². The molecule has 0 aromatic heterocycles. The standard InChI is InChI=1S/C14H28N2O/c1-11(17)15-9-10-16-13-8-6-5-7-12(13)14(2,3)4/h12-13,16H,5-10H2,1-4H3,(H,15,17). The van der Waals surface area contributed by atoms with Crippen LogP contribution < -0.4 is 10.6 Å². The zero-order chi connectivity index (χ0) is 12.9. The summed E-state index contributed by atoms with van der Waals surface area (Å²) in [5, 5.41) is 6.46. The summed E-state index contributed by atoms with van der Waals surface area (Å²) < 4.78 is 0. The molecule has 1 amide bonds. The van der Waals surface area contributed by atoms with Gasteiger partial charge in [0.25, 0.3) is 0 Å². The number of nitrogens with one attached hydrogen (secondary N) is 2. The van der Waals surface area contributed by atoms with Crippen molar-refractivity contribution in [2.45, 2.75) is 59.4 Å². The van der Waals surface area contributed by atoms with Gasteiger partial charge in [-0.15, -0.1) is 0 Å². The highest BCUT2D eigenvalue weighted by molar-refractivity contribution is 5.72. The molecule has 0 heterocycles. The van der Waals surface area contributed by atoms with E-state index in [1.54, 1.807) is 6.92 Å². The van der Waals surface area contributed by atoms with Crippen LogP contribution in [-0.2, 0) is 4.79 Å². The largest absolute Gasteiger partial charge is 0.355 e. The highest BCUT2D eigenvalue weighted by Gasteiger charge is 2.33. The van der Waals surface area contributed by atoms with Gasteiger partial charge in [0.15, 0.2) is 0 Å². The Bertz CT molecular complexity index is 245. The maximum atomic E-state index is 10.8. The Kier molecular flexibility index (Phi) is 5.44. The monoisotopic (exact) mass is 240 g/mol. The van der Waals surface area contributed by atoms with E-state index in [1.807, 2.05) is 0 Å². The van der Waals surface area contributed by atoms with E-state index in [2.05, 4.69) is 31.4 Å². The van der Waals surface area contributed by atoms with E-state index >= 15 is 0 Å². The molecule has 1 saturated carbocycles. The third-order valence-corrected chi connectivity index (χ3v) is 3.78. The first-order valence-corrected chi connectivity index (χ1v) is 6.89. The summed E-state index contributed by atoms with van der Waals surface area (Å²) >= 11 is 0. The second-order valence-electron chi connectivity index (χ2n) is 6.30. The SMILES string of the molecule is CC(=O)NCCNC1CCCCC1C(C)(C)C. The molecular formula is C14H28N2O. The third kappa shape index (κ3) is 5.07. The van der Waals surface area contributed by atoms with Crippen molar-refractivity contribution in [3.63, 3.8) is 0 Å². The molecule has 2 unspecified atom stereocenters. The lowest BCUT2D eigenvalue weighted by Gasteiger charge is -2.41. The number of amides is 1. The van der Waals surface area contributed by atoms with Crippen LogP contribution in [0.1, 0.15) is 53.4 Å². The van der Waals surface area contributed by atoms with Gasteiger partial charge in [-0.1, -0.05) is 33.6 Å². The maximum absolute atomic E-state index is 10.8. The zero-order valence-electron chi connectivity index (χ0n) is 11.8. The van der Waals surface area contributed by atoms with Gasteiger partial charge in [-0.2, -0.15) is 0 Å². The van der Waals surface area contributed by atoms with Crippen molar-refractivity contribution >= 4 is 5.91 Å². The fourth-order valence-electron chi connectivity index (χ4n) is 2.91. The van der Waals surface area contributed by atoms with Gasteiger partial charge in [-0.05, 0) is 24.2 Å². The molecule has 2 atom stereocenters. The predicted octanol–water partition coefficient (Wildman–Crippen LogP) is 2.32. The number of hydrogen-bond donors (Lipinski definition) is 2. The van der Waals surface area contributed by atoms with Crippen LogP contribution in [0.25, 0.3) is 0 Å². The Morgan fingerprint density at radius 3 is 2.41 bits per heavy atom. The molecule has 3 nitrogen and oxygen atoms in total. The third-order valence-electron chi connectivity index (χ3n) is 3.78. The zero-order valence-corrected chi connectivity index (χ0v) is 11.8. The summed E-state index contributed by atoms with van der Waals surface area (Å²) in [6, 6.07) is 0.623. The van der Waals surface area contributed by atoms with E-state index in [0.717, 1.165) is 19.0 Å². The van der Waals surface area contributed by atoms with Gasteiger partial charge in [-0.3, -0.25) is 4.79 Å². The van der Waals surface area contributed by atoms with Gasteiger partial charge in [-0.25, -0.2) is 0 Å². The van der Waals surface area contributed by atoms with Gasteiger partial charge in [0.2, 0.25) is 5.91 Å². The van der Waals surface area contributed by atoms with Crippen molar-refractivity contribution in [1.82, 2.24) is 10.6 Å². The number of hydrogen-bond acceptors (Lipinski definition) is 2. The molecule has 1 fully saturated rings. The van der Waals surface area contributed by atoms with Crippen LogP contribution in [0.15, 0.2) is 0 Å². The maximum Gasteiger partial charge on any atom is 0.216 e. The Labute approximate surface area is 106 Å². The van der Waals surface area contributed by atoms with Gasteiger partial charge in [0, 0.05) is 26.1 Å². The summed E-state index contributed by atoms with van der Waals surface area (Å²) in [4.78, 5) is 10.8. The highest BCUT2D eigenvalue weighted by Crippen LogP contribution is 2.37. The van der Waals surface area contributed by atoms with Crippen LogP contribution in [0.3, 0.4) is 0 Å². The molecule has 0 spiro atoms. The fraction of sp³-hybridized carbons (Fsp3) is 0.929. The summed E-state index contributed by atoms with van der Waals surface area (Å²) in [5.41, 5.74) is 0.381. The molecule has 1 rings (SSSR count). The van der Waals surface area contributed by atoms with Crippen LogP contribution in [0.2, 0.25) is 0 Å². The van der Waals surface area contributed by atoms with E-state index in [1.165, 1.54) is 25.7 Å². The Hall–Kier alpha value is -0.570. The first kappa shape index (κ1) is 14.5. The van der Waals surface area contributed by atoms with E-state index in [9.17, 15) is 4.79 Å². The first-order chi connectivity index (χ1) is 7.91. The lowest BCUT2D eigenvalue weighted by Crippen LogP contribution is -2.46. The fourth-order valence-corrected chi connectivity index (χ4v) is 2.91. The van der Waals surface area contributed by atoms with Gasteiger partial charge >= 0.3 is 0 Å². The minimum Gasteiger partial charge on any atom is -0.355 e. The summed E-state index contributed by atoms with van der Waals surface area (Å²) in [6.07, 6.45) is 5.32. The summed E-state index contributed by atoms with van der Waals surface area (Å²) in [6.45, 7) is 10.2. The second kappa shape index (κ2) is 6.39. The van der Waals surface area contributed by atoms with Crippen molar-refractivity contribution < 1.29 is 4.79 Å².